The van der Waals surface area contributed by atoms with E-state index in [1.54, 1.807) is 24.9 Å². The van der Waals surface area contributed by atoms with Crippen LogP contribution in [0.3, 0.4) is 0 Å². The van der Waals surface area contributed by atoms with E-state index in [0.29, 0.717) is 5.82 Å². The highest BCUT2D eigenvalue weighted by molar-refractivity contribution is 5.96. The fraction of sp³-hybridized carbons (Fsp3) is 0.368. The lowest BCUT2D eigenvalue weighted by Gasteiger charge is -2.22. The molecule has 1 unspecified atom stereocenters. The molecule has 4 heterocycles. The van der Waals surface area contributed by atoms with Gasteiger partial charge in [-0.1, -0.05) is 0 Å². The first-order valence-corrected chi connectivity index (χ1v) is 8.89. The normalized spacial score (nSPS) is 16.1. The zero-order valence-electron chi connectivity index (χ0n) is 15.0. The van der Waals surface area contributed by atoms with Gasteiger partial charge in [-0.05, 0) is 50.4 Å². The Morgan fingerprint density at radius 1 is 1.12 bits per heavy atom. The number of fused-ring (bicyclic) bond motifs is 1. The van der Waals surface area contributed by atoms with Crippen LogP contribution < -0.4 is 5.32 Å². The number of anilines is 1. The van der Waals surface area contributed by atoms with Crippen LogP contribution in [0, 0.1) is 0 Å². The Morgan fingerprint density at radius 3 is 2.62 bits per heavy atom. The number of aryl methyl sites for hydroxylation is 1. The fourth-order valence-electron chi connectivity index (χ4n) is 3.38. The smallest absolute Gasteiger partial charge is 0.242 e. The summed E-state index contributed by atoms with van der Waals surface area (Å²) in [5.41, 5.74) is 1.78. The number of hydrogen-bond acceptors (Lipinski definition) is 5. The first-order chi connectivity index (χ1) is 12.6. The molecule has 1 aliphatic rings. The van der Waals surface area contributed by atoms with Crippen molar-refractivity contribution in [1.29, 1.82) is 0 Å². The molecule has 4 rings (SSSR count). The molecular weight excluding hydrogens is 328 g/mol. The Kier molecular flexibility index (Phi) is 4.38. The van der Waals surface area contributed by atoms with Gasteiger partial charge in [-0.2, -0.15) is 0 Å². The molecule has 7 nitrogen and oxygen atoms in total. The summed E-state index contributed by atoms with van der Waals surface area (Å²) in [6.07, 6.45) is 9.40. The number of pyridine rings is 2. The molecule has 3 aromatic heterocycles. The number of carbonyl (C=O) groups excluding carboxylic acids is 1. The van der Waals surface area contributed by atoms with Gasteiger partial charge in [0, 0.05) is 24.8 Å². The predicted molar refractivity (Wildman–Crippen MR) is 101 cm³/mol. The molecular formula is C19H22N6O. The summed E-state index contributed by atoms with van der Waals surface area (Å²) in [5, 5.41) is 4.86. The van der Waals surface area contributed by atoms with Gasteiger partial charge in [0.2, 0.25) is 5.91 Å². The third-order valence-corrected chi connectivity index (χ3v) is 5.00. The van der Waals surface area contributed by atoms with Gasteiger partial charge in [-0.3, -0.25) is 14.7 Å². The first-order valence-electron chi connectivity index (χ1n) is 8.89. The van der Waals surface area contributed by atoms with Crippen molar-refractivity contribution in [2.75, 3.05) is 18.4 Å². The Bertz CT molecular complexity index is 944. The maximum atomic E-state index is 12.5. The number of imidazole rings is 1. The van der Waals surface area contributed by atoms with Gasteiger partial charge in [0.1, 0.15) is 5.82 Å². The largest absolute Gasteiger partial charge is 0.332 e. The lowest BCUT2D eigenvalue weighted by molar-refractivity contribution is -0.120. The standard InChI is InChI=1S/C19H22N6O/c1-13(25-5-3-4-6-25)19(26)23-18-8-14-7-16(17-11-20-12-24(17)2)21-9-15(14)10-22-18/h7-13H,3-6H2,1-2H3,(H,22,23,26). The van der Waals surface area contributed by atoms with Gasteiger partial charge in [-0.15, -0.1) is 0 Å². The second-order valence-electron chi connectivity index (χ2n) is 6.78. The van der Waals surface area contributed by atoms with Crippen molar-refractivity contribution in [3.05, 3.63) is 37.1 Å². The number of amides is 1. The van der Waals surface area contributed by atoms with Crippen molar-refractivity contribution in [3.8, 4) is 11.4 Å². The number of hydrogen-bond donors (Lipinski definition) is 1. The van der Waals surface area contributed by atoms with Crippen LogP contribution in [0.15, 0.2) is 37.1 Å². The first kappa shape index (κ1) is 16.7. The van der Waals surface area contributed by atoms with E-state index in [9.17, 15) is 4.79 Å². The van der Waals surface area contributed by atoms with E-state index in [2.05, 4.69) is 25.2 Å². The van der Waals surface area contributed by atoms with Gasteiger partial charge >= 0.3 is 0 Å². The second kappa shape index (κ2) is 6.84. The number of likely N-dealkylation sites (tertiary alicyclic amines) is 1. The van der Waals surface area contributed by atoms with Crippen LogP contribution in [-0.4, -0.2) is 49.5 Å². The lowest BCUT2D eigenvalue weighted by Crippen LogP contribution is -2.40. The highest BCUT2D eigenvalue weighted by atomic mass is 16.2. The van der Waals surface area contributed by atoms with Crippen molar-refractivity contribution >= 4 is 22.5 Å². The average Bonchev–Trinajstić information content (AvgIpc) is 3.32. The van der Waals surface area contributed by atoms with E-state index < -0.39 is 0 Å². The van der Waals surface area contributed by atoms with Crippen LogP contribution >= 0.6 is 0 Å². The van der Waals surface area contributed by atoms with Crippen molar-refractivity contribution < 1.29 is 4.79 Å². The van der Waals surface area contributed by atoms with Crippen LogP contribution in [-0.2, 0) is 11.8 Å². The molecule has 1 amide bonds. The van der Waals surface area contributed by atoms with Gasteiger partial charge in [0.05, 0.1) is 30.0 Å². The van der Waals surface area contributed by atoms with E-state index in [1.807, 2.05) is 30.7 Å². The zero-order valence-corrected chi connectivity index (χ0v) is 15.0. The van der Waals surface area contributed by atoms with Gasteiger partial charge in [-0.25, -0.2) is 9.97 Å². The van der Waals surface area contributed by atoms with Crippen molar-refractivity contribution in [2.45, 2.75) is 25.8 Å². The summed E-state index contributed by atoms with van der Waals surface area (Å²) in [5.74, 6) is 0.551. The molecule has 26 heavy (non-hydrogen) atoms. The van der Waals surface area contributed by atoms with E-state index >= 15 is 0 Å². The Morgan fingerprint density at radius 2 is 1.88 bits per heavy atom. The molecule has 0 radical (unpaired) electrons. The Balaban J connectivity index is 1.58. The lowest BCUT2D eigenvalue weighted by atomic mass is 10.1. The number of rotatable bonds is 4. The van der Waals surface area contributed by atoms with E-state index in [1.165, 1.54) is 0 Å². The van der Waals surface area contributed by atoms with Crippen molar-refractivity contribution in [2.24, 2.45) is 7.05 Å². The molecule has 0 saturated carbocycles. The summed E-state index contributed by atoms with van der Waals surface area (Å²) in [4.78, 5) is 27.7. The average molecular weight is 350 g/mol. The molecule has 7 heteroatoms. The molecule has 1 N–H and O–H groups in total. The molecule has 1 aliphatic heterocycles. The van der Waals surface area contributed by atoms with E-state index in [0.717, 1.165) is 48.1 Å². The molecule has 0 bridgehead atoms. The minimum atomic E-state index is -0.141. The molecule has 0 aromatic carbocycles. The Hall–Kier alpha value is -2.80. The number of nitrogens with zero attached hydrogens (tertiary/aromatic N) is 5. The molecule has 134 valence electrons. The highest BCUT2D eigenvalue weighted by Crippen LogP contribution is 2.23. The number of nitrogens with one attached hydrogen (secondary N) is 1. The third-order valence-electron chi connectivity index (χ3n) is 5.00. The van der Waals surface area contributed by atoms with E-state index in [4.69, 9.17) is 0 Å². The molecule has 1 saturated heterocycles. The SMILES string of the molecule is CC(C(=O)Nc1cc2cc(-c3cncn3C)ncc2cn1)N1CCCC1. The maximum absolute atomic E-state index is 12.5. The summed E-state index contributed by atoms with van der Waals surface area (Å²) < 4.78 is 1.93. The quantitative estimate of drug-likeness (QED) is 0.782. The number of carbonyl (C=O) groups is 1. The summed E-state index contributed by atoms with van der Waals surface area (Å²) in [6, 6.07) is 3.75. The predicted octanol–water partition coefficient (Wildman–Crippen LogP) is 2.45. The molecule has 3 aromatic rings. The van der Waals surface area contributed by atoms with Gasteiger partial charge < -0.3 is 9.88 Å². The van der Waals surface area contributed by atoms with Crippen LogP contribution in [0.4, 0.5) is 5.82 Å². The van der Waals surface area contributed by atoms with Crippen LogP contribution in [0.5, 0.6) is 0 Å². The highest BCUT2D eigenvalue weighted by Gasteiger charge is 2.24. The van der Waals surface area contributed by atoms with Crippen LogP contribution in [0.2, 0.25) is 0 Å². The van der Waals surface area contributed by atoms with Crippen LogP contribution in [0.1, 0.15) is 19.8 Å². The minimum Gasteiger partial charge on any atom is -0.332 e. The van der Waals surface area contributed by atoms with Crippen molar-refractivity contribution in [1.82, 2.24) is 24.4 Å². The van der Waals surface area contributed by atoms with Crippen LogP contribution in [0.25, 0.3) is 22.2 Å². The number of aromatic nitrogens is 4. The summed E-state index contributed by atoms with van der Waals surface area (Å²) >= 11 is 0. The van der Waals surface area contributed by atoms with Crippen molar-refractivity contribution in [3.63, 3.8) is 0 Å². The zero-order chi connectivity index (χ0) is 18.1. The minimum absolute atomic E-state index is 0.0142. The fourth-order valence-corrected chi connectivity index (χ4v) is 3.38. The monoisotopic (exact) mass is 350 g/mol. The topological polar surface area (TPSA) is 75.9 Å². The van der Waals surface area contributed by atoms with E-state index in [-0.39, 0.29) is 11.9 Å². The molecule has 1 atom stereocenters. The molecule has 1 fully saturated rings. The van der Waals surface area contributed by atoms with Gasteiger partial charge in [0.25, 0.3) is 0 Å². The third kappa shape index (κ3) is 3.17. The Labute approximate surface area is 152 Å². The second-order valence-corrected chi connectivity index (χ2v) is 6.78. The maximum Gasteiger partial charge on any atom is 0.242 e. The molecule has 0 spiro atoms. The molecule has 0 aliphatic carbocycles. The van der Waals surface area contributed by atoms with Gasteiger partial charge in [0.15, 0.2) is 0 Å². The summed E-state index contributed by atoms with van der Waals surface area (Å²) in [7, 11) is 1.94. The summed E-state index contributed by atoms with van der Waals surface area (Å²) in [6.45, 7) is 3.92.